The summed E-state index contributed by atoms with van der Waals surface area (Å²) in [5.41, 5.74) is 2.05. The minimum atomic E-state index is -0.444. The van der Waals surface area contributed by atoms with Crippen molar-refractivity contribution in [2.75, 3.05) is 18.8 Å². The Balaban J connectivity index is 1.76. The fraction of sp³-hybridized carbons (Fsp3) is 0.238. The van der Waals surface area contributed by atoms with Crippen molar-refractivity contribution in [1.82, 2.24) is 24.5 Å². The molecule has 4 rings (SSSR count). The summed E-state index contributed by atoms with van der Waals surface area (Å²) in [5, 5.41) is 16.9. The second kappa shape index (κ2) is 8.68. The molecule has 0 spiro atoms. The van der Waals surface area contributed by atoms with E-state index in [0.29, 0.717) is 35.3 Å². The Kier molecular flexibility index (Phi) is 5.81. The average Bonchev–Trinajstić information content (AvgIpc) is 3.24. The van der Waals surface area contributed by atoms with E-state index < -0.39 is 4.92 Å². The molecule has 31 heavy (non-hydrogen) atoms. The van der Waals surface area contributed by atoms with Crippen LogP contribution in [0.1, 0.15) is 13.8 Å². The first kappa shape index (κ1) is 20.7. The van der Waals surface area contributed by atoms with Crippen LogP contribution in [0, 0.1) is 10.1 Å². The van der Waals surface area contributed by atoms with Gasteiger partial charge < -0.3 is 4.90 Å². The third-order valence-corrected chi connectivity index (χ3v) is 5.84. The highest BCUT2D eigenvalue weighted by atomic mass is 32.2. The molecular weight excluding hydrogens is 416 g/mol. The van der Waals surface area contributed by atoms with Crippen LogP contribution in [0.5, 0.6) is 0 Å². The Morgan fingerprint density at radius 2 is 1.81 bits per heavy atom. The van der Waals surface area contributed by atoms with Crippen LogP contribution in [0.25, 0.3) is 27.9 Å². The summed E-state index contributed by atoms with van der Waals surface area (Å²) in [4.78, 5) is 34.1. The van der Waals surface area contributed by atoms with Crippen LogP contribution in [0.3, 0.4) is 0 Å². The number of nitro groups is 1. The van der Waals surface area contributed by atoms with E-state index in [1.165, 1.54) is 23.9 Å². The van der Waals surface area contributed by atoms with Gasteiger partial charge in [-0.05, 0) is 38.1 Å². The molecule has 1 amide bonds. The van der Waals surface area contributed by atoms with E-state index in [9.17, 15) is 14.9 Å². The van der Waals surface area contributed by atoms with Gasteiger partial charge in [0.25, 0.3) is 5.69 Å². The number of aromatic nitrogens is 4. The van der Waals surface area contributed by atoms with Crippen LogP contribution < -0.4 is 0 Å². The van der Waals surface area contributed by atoms with Crippen LogP contribution in [-0.4, -0.2) is 54.2 Å². The predicted octanol–water partition coefficient (Wildman–Crippen LogP) is 3.81. The highest BCUT2D eigenvalue weighted by Gasteiger charge is 2.17. The average molecular weight is 436 g/mol. The third kappa shape index (κ3) is 4.06. The van der Waals surface area contributed by atoms with Gasteiger partial charge in [-0.2, -0.15) is 4.52 Å². The van der Waals surface area contributed by atoms with Crippen molar-refractivity contribution in [3.05, 3.63) is 58.6 Å². The Bertz CT molecular complexity index is 1270. The van der Waals surface area contributed by atoms with Crippen molar-refractivity contribution in [2.45, 2.75) is 19.0 Å². The fourth-order valence-corrected chi connectivity index (χ4v) is 4.12. The lowest BCUT2D eigenvalue weighted by Crippen LogP contribution is -2.31. The molecule has 158 valence electrons. The normalized spacial score (nSPS) is 11.2. The summed E-state index contributed by atoms with van der Waals surface area (Å²) < 4.78 is 1.64. The molecule has 0 aliphatic heterocycles. The van der Waals surface area contributed by atoms with E-state index >= 15 is 0 Å². The zero-order valence-corrected chi connectivity index (χ0v) is 17.9. The van der Waals surface area contributed by atoms with Crippen molar-refractivity contribution in [3.8, 4) is 11.4 Å². The summed E-state index contributed by atoms with van der Waals surface area (Å²) in [6.07, 6.45) is 0. The number of non-ortho nitro benzene ring substituents is 1. The molecule has 2 aromatic carbocycles. The molecule has 0 saturated carbocycles. The van der Waals surface area contributed by atoms with Gasteiger partial charge in [0.2, 0.25) is 5.91 Å². The molecule has 0 fully saturated rings. The van der Waals surface area contributed by atoms with E-state index in [1.807, 2.05) is 38.1 Å². The van der Waals surface area contributed by atoms with Gasteiger partial charge in [0.05, 0.1) is 16.2 Å². The largest absolute Gasteiger partial charge is 0.343 e. The fourth-order valence-electron chi connectivity index (χ4n) is 3.27. The van der Waals surface area contributed by atoms with Crippen LogP contribution in [0.2, 0.25) is 0 Å². The second-order valence-electron chi connectivity index (χ2n) is 6.74. The first-order chi connectivity index (χ1) is 15.0. The van der Waals surface area contributed by atoms with Crippen molar-refractivity contribution in [2.24, 2.45) is 0 Å². The summed E-state index contributed by atoms with van der Waals surface area (Å²) in [7, 11) is 0. The molecule has 0 aliphatic rings. The molecule has 0 unspecified atom stereocenters. The lowest BCUT2D eigenvalue weighted by molar-refractivity contribution is -0.384. The Morgan fingerprint density at radius 3 is 2.48 bits per heavy atom. The van der Waals surface area contributed by atoms with Gasteiger partial charge in [-0.3, -0.25) is 14.9 Å². The number of amides is 1. The minimum Gasteiger partial charge on any atom is -0.343 e. The molecule has 0 saturated heterocycles. The summed E-state index contributed by atoms with van der Waals surface area (Å²) >= 11 is 1.32. The van der Waals surface area contributed by atoms with Crippen molar-refractivity contribution >= 4 is 39.9 Å². The van der Waals surface area contributed by atoms with Gasteiger partial charge in [-0.15, -0.1) is 5.10 Å². The number of thioether (sulfide) groups is 1. The number of para-hydroxylation sites is 1. The quantitative estimate of drug-likeness (QED) is 0.188. The first-order valence-electron chi connectivity index (χ1n) is 9.82. The Hall–Kier alpha value is -3.53. The smallest absolute Gasteiger partial charge is 0.269 e. The number of carbonyl (C=O) groups excluding carboxylic acids is 1. The van der Waals surface area contributed by atoms with Gasteiger partial charge in [0, 0.05) is 36.2 Å². The highest BCUT2D eigenvalue weighted by Crippen LogP contribution is 2.27. The number of nitrogens with zero attached hydrogens (tertiary/aromatic N) is 6. The molecule has 0 aliphatic carbocycles. The standard InChI is InChI=1S/C21H20N6O3S/c1-3-25(4-2)18(28)13-31-21-22-17-8-6-5-7-16(17)20-23-19(24-26(20)21)14-9-11-15(12-10-14)27(29)30/h5-12H,3-4,13H2,1-2H3. The van der Waals surface area contributed by atoms with Crippen LogP contribution in [-0.2, 0) is 4.79 Å². The Morgan fingerprint density at radius 1 is 1.10 bits per heavy atom. The molecular formula is C21H20N6O3S. The molecule has 2 heterocycles. The van der Waals surface area contributed by atoms with E-state index in [0.717, 1.165) is 10.9 Å². The summed E-state index contributed by atoms with van der Waals surface area (Å²) in [6, 6.07) is 13.7. The van der Waals surface area contributed by atoms with Crippen molar-refractivity contribution in [1.29, 1.82) is 0 Å². The number of fused-ring (bicyclic) bond motifs is 3. The molecule has 0 bridgehead atoms. The number of benzene rings is 2. The number of hydrogen-bond acceptors (Lipinski definition) is 7. The van der Waals surface area contributed by atoms with Gasteiger partial charge >= 0.3 is 0 Å². The molecule has 4 aromatic rings. The SMILES string of the molecule is CCN(CC)C(=O)CSc1nc2ccccc2c2nc(-c3ccc([N+](=O)[O-])cc3)nn12. The lowest BCUT2D eigenvalue weighted by atomic mass is 10.2. The van der Waals surface area contributed by atoms with Crippen LogP contribution in [0.4, 0.5) is 5.69 Å². The Labute approximate surface area is 182 Å². The maximum absolute atomic E-state index is 12.5. The molecule has 9 nitrogen and oxygen atoms in total. The summed E-state index contributed by atoms with van der Waals surface area (Å²) in [6.45, 7) is 5.22. The molecule has 0 atom stereocenters. The second-order valence-corrected chi connectivity index (χ2v) is 7.68. The maximum Gasteiger partial charge on any atom is 0.269 e. The predicted molar refractivity (Wildman–Crippen MR) is 119 cm³/mol. The van der Waals surface area contributed by atoms with Gasteiger partial charge in [0.1, 0.15) is 0 Å². The monoisotopic (exact) mass is 436 g/mol. The van der Waals surface area contributed by atoms with Crippen molar-refractivity contribution < 1.29 is 9.72 Å². The van der Waals surface area contributed by atoms with Gasteiger partial charge in [0.15, 0.2) is 16.6 Å². The zero-order valence-electron chi connectivity index (χ0n) is 17.1. The van der Waals surface area contributed by atoms with Gasteiger partial charge in [-0.1, -0.05) is 23.9 Å². The molecule has 0 radical (unpaired) electrons. The van der Waals surface area contributed by atoms with Gasteiger partial charge in [-0.25, -0.2) is 9.97 Å². The third-order valence-electron chi connectivity index (χ3n) is 4.93. The van der Waals surface area contributed by atoms with E-state index in [2.05, 4.69) is 10.1 Å². The van der Waals surface area contributed by atoms with E-state index in [4.69, 9.17) is 4.98 Å². The number of hydrogen-bond donors (Lipinski definition) is 0. The number of nitro benzene ring substituents is 1. The highest BCUT2D eigenvalue weighted by molar-refractivity contribution is 7.99. The summed E-state index contributed by atoms with van der Waals surface area (Å²) in [5.74, 6) is 0.716. The minimum absolute atomic E-state index is 0.00536. The van der Waals surface area contributed by atoms with E-state index in [1.54, 1.807) is 21.5 Å². The van der Waals surface area contributed by atoms with Crippen molar-refractivity contribution in [3.63, 3.8) is 0 Å². The number of carbonyl (C=O) groups is 1. The maximum atomic E-state index is 12.5. The van der Waals surface area contributed by atoms with Crippen LogP contribution in [0.15, 0.2) is 53.7 Å². The topological polar surface area (TPSA) is 107 Å². The molecule has 2 aromatic heterocycles. The molecule has 10 heteroatoms. The van der Waals surface area contributed by atoms with E-state index in [-0.39, 0.29) is 17.3 Å². The lowest BCUT2D eigenvalue weighted by Gasteiger charge is -2.18. The van der Waals surface area contributed by atoms with Crippen LogP contribution >= 0.6 is 11.8 Å². The number of rotatable bonds is 7. The zero-order chi connectivity index (χ0) is 22.0. The molecule has 0 N–H and O–H groups in total. The first-order valence-corrected chi connectivity index (χ1v) is 10.8.